The van der Waals surface area contributed by atoms with Crippen molar-refractivity contribution >= 4 is 34.4 Å². The fraction of sp³-hybridized carbons (Fsp3) is 0.385. The average molecular weight is 628 g/mol. The van der Waals surface area contributed by atoms with Crippen molar-refractivity contribution in [3.63, 3.8) is 0 Å². The molecule has 0 saturated heterocycles. The molecule has 11 heteroatoms. The molecule has 0 radical (unpaired) electrons. The summed E-state index contributed by atoms with van der Waals surface area (Å²) < 4.78 is 25.6. The number of aliphatic hydroxyl groups is 3. The van der Waals surface area contributed by atoms with Crippen LogP contribution in [0.3, 0.4) is 0 Å². The van der Waals surface area contributed by atoms with Gasteiger partial charge >= 0.3 is 0 Å². The second kappa shape index (κ2) is 13.2. The van der Waals surface area contributed by atoms with Crippen LogP contribution in [-0.2, 0) is 22.7 Å². The Labute approximate surface area is 228 Å². The molecule has 200 valence electrons. The van der Waals surface area contributed by atoms with Gasteiger partial charge in [-0.1, -0.05) is 12.1 Å². The van der Waals surface area contributed by atoms with Gasteiger partial charge in [-0.15, -0.1) is 0 Å². The van der Waals surface area contributed by atoms with Crippen LogP contribution < -0.4 is 14.8 Å². The Kier molecular flexibility index (Phi) is 10.3. The Morgan fingerprint density at radius 1 is 1.19 bits per heavy atom. The number of benzene rings is 2. The van der Waals surface area contributed by atoms with Crippen LogP contribution >= 0.6 is 22.6 Å². The molecule has 3 atom stereocenters. The predicted molar refractivity (Wildman–Crippen MR) is 141 cm³/mol. The zero-order valence-corrected chi connectivity index (χ0v) is 22.6. The molecule has 0 spiro atoms. The highest BCUT2D eigenvalue weighted by Crippen LogP contribution is 2.37. The third kappa shape index (κ3) is 7.18. The van der Waals surface area contributed by atoms with Gasteiger partial charge in [0, 0.05) is 32.0 Å². The molecule has 1 aliphatic carbocycles. The summed E-state index contributed by atoms with van der Waals surface area (Å²) in [6.07, 6.45) is -0.723. The SMILES string of the molecule is COc1cc(CO)cc(I)c1O[C@H]1C=C(C(=O)NCCO)C[C@@H](N(Cc2ccc(F)cc2)C(C)=O)[C@@H]1O. The van der Waals surface area contributed by atoms with E-state index in [1.165, 1.54) is 37.1 Å². The van der Waals surface area contributed by atoms with E-state index in [4.69, 9.17) is 14.6 Å². The van der Waals surface area contributed by atoms with Crippen molar-refractivity contribution in [2.45, 2.75) is 44.7 Å². The number of ether oxygens (including phenoxy) is 2. The van der Waals surface area contributed by atoms with Gasteiger partial charge in [0.1, 0.15) is 18.0 Å². The second-order valence-corrected chi connectivity index (χ2v) is 9.72. The van der Waals surface area contributed by atoms with Gasteiger partial charge in [-0.25, -0.2) is 4.39 Å². The summed E-state index contributed by atoms with van der Waals surface area (Å²) in [6, 6.07) is 8.15. The highest BCUT2D eigenvalue weighted by molar-refractivity contribution is 14.1. The number of amides is 2. The van der Waals surface area contributed by atoms with Gasteiger partial charge in [0.2, 0.25) is 11.8 Å². The molecule has 2 amide bonds. The number of hydrogen-bond acceptors (Lipinski definition) is 7. The van der Waals surface area contributed by atoms with E-state index in [-0.39, 0.29) is 44.2 Å². The van der Waals surface area contributed by atoms with Crippen LogP contribution in [0, 0.1) is 9.39 Å². The summed E-state index contributed by atoms with van der Waals surface area (Å²) in [5.74, 6) is -0.569. The topological polar surface area (TPSA) is 129 Å². The largest absolute Gasteiger partial charge is 0.493 e. The Balaban J connectivity index is 1.99. The third-order valence-corrected chi connectivity index (χ3v) is 6.81. The van der Waals surface area contributed by atoms with Crippen LogP contribution in [0.5, 0.6) is 11.5 Å². The minimum absolute atomic E-state index is 0.0370. The lowest BCUT2D eigenvalue weighted by Crippen LogP contribution is -2.54. The first kappa shape index (κ1) is 28.8. The fourth-order valence-electron chi connectivity index (χ4n) is 4.14. The summed E-state index contributed by atoms with van der Waals surface area (Å²) >= 11 is 2.02. The number of methoxy groups -OCH3 is 1. The predicted octanol–water partition coefficient (Wildman–Crippen LogP) is 1.90. The third-order valence-electron chi connectivity index (χ3n) is 6.01. The molecule has 0 bridgehead atoms. The van der Waals surface area contributed by atoms with Crippen molar-refractivity contribution in [2.75, 3.05) is 20.3 Å². The Hall–Kier alpha value is -2.74. The van der Waals surface area contributed by atoms with Crippen molar-refractivity contribution in [2.24, 2.45) is 0 Å². The fourth-order valence-corrected chi connectivity index (χ4v) is 4.94. The van der Waals surface area contributed by atoms with Crippen molar-refractivity contribution in [3.05, 3.63) is 68.6 Å². The van der Waals surface area contributed by atoms with Crippen LogP contribution in [0.1, 0.15) is 24.5 Å². The number of aliphatic hydroxyl groups excluding tert-OH is 3. The summed E-state index contributed by atoms with van der Waals surface area (Å²) in [4.78, 5) is 27.0. The standard InChI is InChI=1S/C26H30FIN2O7/c1-15(33)30(13-16-3-5-19(27)6-4-16)21-11-18(26(35)29-7-8-31)12-22(24(21)34)37-25-20(28)9-17(14-32)10-23(25)36-2/h3-6,9-10,12,21-22,24,31-32,34H,7-8,11,13-14H2,1-2H3,(H,29,35)/t21-,22+,24+/m1/s1. The molecule has 1 aliphatic rings. The smallest absolute Gasteiger partial charge is 0.247 e. The minimum atomic E-state index is -1.23. The number of carbonyl (C=O) groups excluding carboxylic acids is 2. The first-order chi connectivity index (χ1) is 17.7. The lowest BCUT2D eigenvalue weighted by Gasteiger charge is -2.40. The molecule has 0 aliphatic heterocycles. The number of rotatable bonds is 10. The van der Waals surface area contributed by atoms with E-state index in [1.54, 1.807) is 24.3 Å². The highest BCUT2D eigenvalue weighted by Gasteiger charge is 2.40. The van der Waals surface area contributed by atoms with Gasteiger partial charge in [-0.05, 0) is 64.1 Å². The normalized spacial score (nSPS) is 19.1. The zero-order valence-electron chi connectivity index (χ0n) is 20.5. The molecular formula is C26H30FIN2O7. The number of hydrogen-bond donors (Lipinski definition) is 4. The van der Waals surface area contributed by atoms with Crippen molar-refractivity contribution in [1.29, 1.82) is 0 Å². The molecule has 0 heterocycles. The van der Waals surface area contributed by atoms with Crippen LogP contribution in [-0.4, -0.2) is 70.5 Å². The van der Waals surface area contributed by atoms with E-state index in [2.05, 4.69) is 5.32 Å². The molecule has 9 nitrogen and oxygen atoms in total. The van der Waals surface area contributed by atoms with Crippen molar-refractivity contribution in [3.8, 4) is 11.5 Å². The van der Waals surface area contributed by atoms with Crippen LogP contribution in [0.2, 0.25) is 0 Å². The molecule has 0 fully saturated rings. The van der Waals surface area contributed by atoms with E-state index in [0.29, 0.717) is 26.2 Å². The highest BCUT2D eigenvalue weighted by atomic mass is 127. The maximum atomic E-state index is 13.4. The molecule has 2 aromatic rings. The van der Waals surface area contributed by atoms with E-state index in [0.717, 1.165) is 0 Å². The summed E-state index contributed by atoms with van der Waals surface area (Å²) in [6.45, 7) is 1.03. The monoisotopic (exact) mass is 628 g/mol. The average Bonchev–Trinajstić information content (AvgIpc) is 2.88. The summed E-state index contributed by atoms with van der Waals surface area (Å²) in [7, 11) is 1.45. The number of carbonyl (C=O) groups is 2. The van der Waals surface area contributed by atoms with E-state index in [1.807, 2.05) is 22.6 Å². The maximum Gasteiger partial charge on any atom is 0.247 e. The minimum Gasteiger partial charge on any atom is -0.493 e. The van der Waals surface area contributed by atoms with Gasteiger partial charge < -0.3 is 35.0 Å². The van der Waals surface area contributed by atoms with Crippen molar-refractivity contribution < 1.29 is 38.8 Å². The quantitative estimate of drug-likeness (QED) is 0.296. The summed E-state index contributed by atoms with van der Waals surface area (Å²) in [5.41, 5.74) is 1.54. The molecule has 0 saturated carbocycles. The Morgan fingerprint density at radius 3 is 2.49 bits per heavy atom. The molecule has 3 rings (SSSR count). The van der Waals surface area contributed by atoms with Gasteiger partial charge in [0.25, 0.3) is 0 Å². The lowest BCUT2D eigenvalue weighted by atomic mass is 9.88. The molecule has 4 N–H and O–H groups in total. The molecule has 0 aromatic heterocycles. The Bertz CT molecular complexity index is 1140. The van der Waals surface area contributed by atoms with Crippen molar-refractivity contribution in [1.82, 2.24) is 10.2 Å². The molecule has 0 unspecified atom stereocenters. The van der Waals surface area contributed by atoms with E-state index >= 15 is 0 Å². The van der Waals surface area contributed by atoms with Gasteiger partial charge in [0.15, 0.2) is 11.5 Å². The zero-order chi connectivity index (χ0) is 27.1. The summed E-state index contributed by atoms with van der Waals surface area (Å²) in [5, 5.41) is 32.6. The van der Waals surface area contributed by atoms with Gasteiger partial charge in [-0.2, -0.15) is 0 Å². The first-order valence-electron chi connectivity index (χ1n) is 11.6. The first-order valence-corrected chi connectivity index (χ1v) is 12.7. The van der Waals surface area contributed by atoms with Gasteiger partial charge in [0.05, 0.1) is 29.9 Å². The number of nitrogens with zero attached hydrogens (tertiary/aromatic N) is 1. The number of halogens is 2. The van der Waals surface area contributed by atoms with Gasteiger partial charge in [-0.3, -0.25) is 9.59 Å². The van der Waals surface area contributed by atoms with Crippen LogP contribution in [0.15, 0.2) is 48.0 Å². The van der Waals surface area contributed by atoms with Crippen LogP contribution in [0.25, 0.3) is 0 Å². The van der Waals surface area contributed by atoms with Crippen LogP contribution in [0.4, 0.5) is 4.39 Å². The lowest BCUT2D eigenvalue weighted by molar-refractivity contribution is -0.137. The maximum absolute atomic E-state index is 13.4. The number of nitrogens with one attached hydrogen (secondary N) is 1. The molecule has 37 heavy (non-hydrogen) atoms. The van der Waals surface area contributed by atoms with E-state index in [9.17, 15) is 24.2 Å². The molecular weight excluding hydrogens is 598 g/mol. The van der Waals surface area contributed by atoms with E-state index < -0.39 is 30.0 Å². The molecule has 2 aromatic carbocycles. The Morgan fingerprint density at radius 2 is 1.89 bits per heavy atom. The second-order valence-electron chi connectivity index (χ2n) is 8.56.